The first-order valence-electron chi connectivity index (χ1n) is 8.78. The molecule has 6 heteroatoms. The van der Waals surface area contributed by atoms with Crippen LogP contribution in [0.3, 0.4) is 0 Å². The molecule has 3 aromatic rings. The molecule has 1 aromatic heterocycles. The highest BCUT2D eigenvalue weighted by atomic mass is 16.5. The van der Waals surface area contributed by atoms with Crippen molar-refractivity contribution in [3.8, 4) is 17.2 Å². The summed E-state index contributed by atoms with van der Waals surface area (Å²) in [6.45, 7) is 2.19. The van der Waals surface area contributed by atoms with E-state index in [2.05, 4.69) is 10.3 Å². The Bertz CT molecular complexity index is 899. The van der Waals surface area contributed by atoms with Gasteiger partial charge in [0.2, 0.25) is 11.8 Å². The highest BCUT2D eigenvalue weighted by Gasteiger charge is 2.10. The van der Waals surface area contributed by atoms with Crippen LogP contribution in [0.25, 0.3) is 11.5 Å². The number of carbonyl (C=O) groups is 1. The Balaban J connectivity index is 1.56. The van der Waals surface area contributed by atoms with E-state index in [9.17, 15) is 4.79 Å². The first kappa shape index (κ1) is 18.7. The van der Waals surface area contributed by atoms with E-state index in [4.69, 9.17) is 14.9 Å². The fourth-order valence-corrected chi connectivity index (χ4v) is 2.71. The highest BCUT2D eigenvalue weighted by Crippen LogP contribution is 2.23. The Hall–Kier alpha value is -3.12. The third-order valence-electron chi connectivity index (χ3n) is 4.30. The maximum atomic E-state index is 12.2. The standard InChI is InChI=1S/C21H23N3O3/c1-14-19(13-22)24-21(27-14)16-6-8-17(9-7-16)23-20(25)12-5-15-3-10-18(26-2)11-4-15/h3-4,6-11H,5,12-13,22H2,1-2H3,(H,23,25). The molecule has 0 unspecified atom stereocenters. The van der Waals surface area contributed by atoms with Crippen molar-refractivity contribution in [2.45, 2.75) is 26.3 Å². The number of hydrogen-bond acceptors (Lipinski definition) is 5. The molecule has 0 saturated heterocycles. The Kier molecular flexibility index (Phi) is 5.88. The number of amides is 1. The van der Waals surface area contributed by atoms with Crippen molar-refractivity contribution in [3.05, 3.63) is 65.5 Å². The highest BCUT2D eigenvalue weighted by molar-refractivity contribution is 5.91. The third kappa shape index (κ3) is 4.74. The van der Waals surface area contributed by atoms with Crippen molar-refractivity contribution in [1.29, 1.82) is 0 Å². The normalized spacial score (nSPS) is 10.6. The van der Waals surface area contributed by atoms with Crippen LogP contribution in [-0.2, 0) is 17.8 Å². The summed E-state index contributed by atoms with van der Waals surface area (Å²) in [5, 5.41) is 2.91. The maximum absolute atomic E-state index is 12.2. The Morgan fingerprint density at radius 3 is 2.44 bits per heavy atom. The lowest BCUT2D eigenvalue weighted by Crippen LogP contribution is -2.12. The number of anilines is 1. The molecule has 1 amide bonds. The minimum absolute atomic E-state index is 0.0315. The predicted molar refractivity (Wildman–Crippen MR) is 105 cm³/mol. The molecule has 0 aliphatic carbocycles. The average Bonchev–Trinajstić information content (AvgIpc) is 3.08. The lowest BCUT2D eigenvalue weighted by Gasteiger charge is -2.06. The van der Waals surface area contributed by atoms with E-state index in [1.807, 2.05) is 55.5 Å². The summed E-state index contributed by atoms with van der Waals surface area (Å²) >= 11 is 0. The molecular formula is C21H23N3O3. The summed E-state index contributed by atoms with van der Waals surface area (Å²) in [6, 6.07) is 15.1. The van der Waals surface area contributed by atoms with Gasteiger partial charge in [0, 0.05) is 24.2 Å². The molecule has 0 radical (unpaired) electrons. The minimum Gasteiger partial charge on any atom is -0.497 e. The van der Waals surface area contributed by atoms with Crippen LogP contribution in [0.1, 0.15) is 23.4 Å². The van der Waals surface area contributed by atoms with Crippen molar-refractivity contribution in [2.24, 2.45) is 5.73 Å². The lowest BCUT2D eigenvalue weighted by atomic mass is 10.1. The molecule has 0 aliphatic heterocycles. The Morgan fingerprint density at radius 2 is 1.85 bits per heavy atom. The minimum atomic E-state index is -0.0315. The molecule has 0 fully saturated rings. The zero-order valence-electron chi connectivity index (χ0n) is 15.5. The van der Waals surface area contributed by atoms with E-state index >= 15 is 0 Å². The van der Waals surface area contributed by atoms with Gasteiger partial charge in [-0.2, -0.15) is 0 Å². The predicted octanol–water partition coefficient (Wildman–Crippen LogP) is 3.69. The smallest absolute Gasteiger partial charge is 0.226 e. The summed E-state index contributed by atoms with van der Waals surface area (Å²) in [4.78, 5) is 16.5. The van der Waals surface area contributed by atoms with Crippen LogP contribution >= 0.6 is 0 Å². The number of nitrogens with zero attached hydrogens (tertiary/aromatic N) is 1. The summed E-state index contributed by atoms with van der Waals surface area (Å²) in [7, 11) is 1.63. The van der Waals surface area contributed by atoms with Crippen molar-refractivity contribution in [3.63, 3.8) is 0 Å². The summed E-state index contributed by atoms with van der Waals surface area (Å²) < 4.78 is 10.8. The zero-order chi connectivity index (χ0) is 19.2. The molecule has 0 aliphatic rings. The van der Waals surface area contributed by atoms with Gasteiger partial charge in [0.1, 0.15) is 11.5 Å². The van der Waals surface area contributed by atoms with Gasteiger partial charge >= 0.3 is 0 Å². The van der Waals surface area contributed by atoms with E-state index in [1.165, 1.54) is 0 Å². The molecule has 3 N–H and O–H groups in total. The molecule has 140 valence electrons. The van der Waals surface area contributed by atoms with Crippen molar-refractivity contribution < 1.29 is 13.9 Å². The van der Waals surface area contributed by atoms with Crippen LogP contribution in [0.5, 0.6) is 5.75 Å². The van der Waals surface area contributed by atoms with Crippen molar-refractivity contribution >= 4 is 11.6 Å². The fourth-order valence-electron chi connectivity index (χ4n) is 2.71. The van der Waals surface area contributed by atoms with Crippen LogP contribution in [0.2, 0.25) is 0 Å². The number of nitrogens with two attached hydrogens (primary N) is 1. The number of aryl methyl sites for hydroxylation is 2. The Labute approximate surface area is 158 Å². The SMILES string of the molecule is COc1ccc(CCC(=O)Nc2ccc(-c3nc(CN)c(C)o3)cc2)cc1. The van der Waals surface area contributed by atoms with Crippen molar-refractivity contribution in [2.75, 3.05) is 12.4 Å². The summed E-state index contributed by atoms with van der Waals surface area (Å²) in [6.07, 6.45) is 1.08. The molecule has 0 spiro atoms. The third-order valence-corrected chi connectivity index (χ3v) is 4.30. The second-order valence-corrected chi connectivity index (χ2v) is 6.20. The molecule has 0 saturated carbocycles. The van der Waals surface area contributed by atoms with Crippen LogP contribution in [0.15, 0.2) is 52.9 Å². The van der Waals surface area contributed by atoms with E-state index < -0.39 is 0 Å². The first-order valence-corrected chi connectivity index (χ1v) is 8.78. The Morgan fingerprint density at radius 1 is 1.15 bits per heavy atom. The number of methoxy groups -OCH3 is 1. The topological polar surface area (TPSA) is 90.4 Å². The van der Waals surface area contributed by atoms with E-state index in [0.717, 1.165) is 34.0 Å². The first-order chi connectivity index (χ1) is 13.1. The lowest BCUT2D eigenvalue weighted by molar-refractivity contribution is -0.116. The van der Waals surface area contributed by atoms with Gasteiger partial charge in [-0.25, -0.2) is 4.98 Å². The number of ether oxygens (including phenoxy) is 1. The maximum Gasteiger partial charge on any atom is 0.226 e. The van der Waals surface area contributed by atoms with Crippen LogP contribution in [0.4, 0.5) is 5.69 Å². The van der Waals surface area contributed by atoms with Crippen LogP contribution in [0, 0.1) is 6.92 Å². The fraction of sp³-hybridized carbons (Fsp3) is 0.238. The van der Waals surface area contributed by atoms with Crippen LogP contribution in [-0.4, -0.2) is 18.0 Å². The van der Waals surface area contributed by atoms with Gasteiger partial charge in [-0.1, -0.05) is 12.1 Å². The molecule has 27 heavy (non-hydrogen) atoms. The molecule has 3 rings (SSSR count). The molecule has 2 aromatic carbocycles. The van der Waals surface area contributed by atoms with Gasteiger partial charge in [0.25, 0.3) is 0 Å². The van der Waals surface area contributed by atoms with Gasteiger partial charge in [-0.3, -0.25) is 4.79 Å². The number of benzene rings is 2. The number of carbonyl (C=O) groups excluding carboxylic acids is 1. The number of oxazole rings is 1. The number of nitrogens with one attached hydrogen (secondary N) is 1. The average molecular weight is 365 g/mol. The number of rotatable bonds is 7. The summed E-state index contributed by atoms with van der Waals surface area (Å²) in [5.74, 6) is 2.04. The quantitative estimate of drug-likeness (QED) is 0.666. The largest absolute Gasteiger partial charge is 0.497 e. The zero-order valence-corrected chi connectivity index (χ0v) is 15.5. The monoisotopic (exact) mass is 365 g/mol. The van der Waals surface area contributed by atoms with E-state index in [-0.39, 0.29) is 5.91 Å². The van der Waals surface area contributed by atoms with Crippen molar-refractivity contribution in [1.82, 2.24) is 4.98 Å². The second-order valence-electron chi connectivity index (χ2n) is 6.20. The van der Waals surface area contributed by atoms with Crippen LogP contribution < -0.4 is 15.8 Å². The van der Waals surface area contributed by atoms with Gasteiger partial charge in [0.15, 0.2) is 0 Å². The van der Waals surface area contributed by atoms with Gasteiger partial charge in [-0.15, -0.1) is 0 Å². The number of hydrogen-bond donors (Lipinski definition) is 2. The number of aromatic nitrogens is 1. The van der Waals surface area contributed by atoms with Gasteiger partial charge < -0.3 is 20.2 Å². The molecular weight excluding hydrogens is 342 g/mol. The van der Waals surface area contributed by atoms with E-state index in [1.54, 1.807) is 7.11 Å². The molecule has 0 bridgehead atoms. The second kappa shape index (κ2) is 8.51. The van der Waals surface area contributed by atoms with Gasteiger partial charge in [-0.05, 0) is 55.3 Å². The molecule has 1 heterocycles. The summed E-state index contributed by atoms with van der Waals surface area (Å²) in [5.41, 5.74) is 9.05. The molecule has 0 atom stereocenters. The van der Waals surface area contributed by atoms with Gasteiger partial charge in [0.05, 0.1) is 12.8 Å². The van der Waals surface area contributed by atoms with E-state index in [0.29, 0.717) is 25.3 Å². The molecule has 6 nitrogen and oxygen atoms in total.